The molecule has 0 fully saturated rings. The maximum atomic E-state index is 10.9. The summed E-state index contributed by atoms with van der Waals surface area (Å²) < 4.78 is 0.811. The van der Waals surface area contributed by atoms with E-state index in [0.29, 0.717) is 18.7 Å². The molecule has 0 saturated heterocycles. The summed E-state index contributed by atoms with van der Waals surface area (Å²) in [5.74, 6) is 0. The molecule has 0 aliphatic rings. The first-order valence-corrected chi connectivity index (χ1v) is 6.39. The molecule has 0 radical (unpaired) electrons. The SMILES string of the molecule is CC(C)(CO)CNCc1cc(Br)ccc1[N+](=O)[O-]. The number of hydrogen-bond donors (Lipinski definition) is 2. The van der Waals surface area contributed by atoms with Crippen molar-refractivity contribution in [2.24, 2.45) is 5.41 Å². The van der Waals surface area contributed by atoms with Gasteiger partial charge in [-0.25, -0.2) is 0 Å². The van der Waals surface area contributed by atoms with Crippen LogP contribution in [0.5, 0.6) is 0 Å². The molecule has 0 bridgehead atoms. The fourth-order valence-electron chi connectivity index (χ4n) is 1.47. The number of rotatable bonds is 6. The van der Waals surface area contributed by atoms with Crippen LogP contribution in [0.3, 0.4) is 0 Å². The maximum absolute atomic E-state index is 10.9. The van der Waals surface area contributed by atoms with Gasteiger partial charge in [0.1, 0.15) is 0 Å². The van der Waals surface area contributed by atoms with Crippen LogP contribution < -0.4 is 5.32 Å². The average Bonchev–Trinajstić information content (AvgIpc) is 2.28. The molecular formula is C12H17BrN2O3. The van der Waals surface area contributed by atoms with Crippen molar-refractivity contribution in [2.75, 3.05) is 13.2 Å². The molecular weight excluding hydrogens is 300 g/mol. The van der Waals surface area contributed by atoms with Crippen molar-refractivity contribution in [1.82, 2.24) is 5.32 Å². The summed E-state index contributed by atoms with van der Waals surface area (Å²) in [7, 11) is 0. The van der Waals surface area contributed by atoms with Gasteiger partial charge in [0.15, 0.2) is 0 Å². The molecule has 0 unspecified atom stereocenters. The summed E-state index contributed by atoms with van der Waals surface area (Å²) in [6, 6.07) is 4.87. The van der Waals surface area contributed by atoms with Crippen molar-refractivity contribution in [3.05, 3.63) is 38.3 Å². The number of nitrogens with zero attached hydrogens (tertiary/aromatic N) is 1. The van der Waals surface area contributed by atoms with Crippen molar-refractivity contribution >= 4 is 21.6 Å². The minimum atomic E-state index is -0.388. The van der Waals surface area contributed by atoms with Crippen LogP contribution in [0, 0.1) is 15.5 Å². The van der Waals surface area contributed by atoms with E-state index in [1.807, 2.05) is 13.8 Å². The summed E-state index contributed by atoms with van der Waals surface area (Å²) in [6.45, 7) is 4.91. The van der Waals surface area contributed by atoms with E-state index >= 15 is 0 Å². The number of benzene rings is 1. The lowest BCUT2D eigenvalue weighted by Gasteiger charge is -2.21. The fraction of sp³-hybridized carbons (Fsp3) is 0.500. The van der Waals surface area contributed by atoms with E-state index in [1.165, 1.54) is 6.07 Å². The molecule has 18 heavy (non-hydrogen) atoms. The van der Waals surface area contributed by atoms with Gasteiger partial charge < -0.3 is 10.4 Å². The third kappa shape index (κ3) is 4.36. The highest BCUT2D eigenvalue weighted by Gasteiger charge is 2.17. The third-order valence-electron chi connectivity index (χ3n) is 2.59. The molecule has 0 atom stereocenters. The van der Waals surface area contributed by atoms with Gasteiger partial charge in [0.25, 0.3) is 5.69 Å². The molecule has 6 heteroatoms. The second kappa shape index (κ2) is 6.26. The molecule has 0 aromatic heterocycles. The number of nitro groups is 1. The minimum Gasteiger partial charge on any atom is -0.396 e. The molecule has 0 amide bonds. The highest BCUT2D eigenvalue weighted by atomic mass is 79.9. The minimum absolute atomic E-state index is 0.0700. The van der Waals surface area contributed by atoms with E-state index in [9.17, 15) is 10.1 Å². The Hall–Kier alpha value is -0.980. The standard InChI is InChI=1S/C12H17BrN2O3/c1-12(2,8-16)7-14-6-9-5-10(13)3-4-11(9)15(17)18/h3-5,14,16H,6-8H2,1-2H3. The van der Waals surface area contributed by atoms with Gasteiger partial charge in [-0.3, -0.25) is 10.1 Å². The quantitative estimate of drug-likeness (QED) is 0.624. The fourth-order valence-corrected chi connectivity index (χ4v) is 1.87. The zero-order valence-electron chi connectivity index (χ0n) is 10.4. The Labute approximate surface area is 114 Å². The van der Waals surface area contributed by atoms with Gasteiger partial charge in [-0.15, -0.1) is 0 Å². The molecule has 0 heterocycles. The summed E-state index contributed by atoms with van der Waals surface area (Å²) in [4.78, 5) is 10.5. The van der Waals surface area contributed by atoms with Crippen LogP contribution in [-0.4, -0.2) is 23.2 Å². The van der Waals surface area contributed by atoms with E-state index < -0.39 is 0 Å². The van der Waals surface area contributed by atoms with E-state index in [-0.39, 0.29) is 22.6 Å². The second-order valence-electron chi connectivity index (χ2n) is 4.96. The Kier molecular flexibility index (Phi) is 5.25. The van der Waals surface area contributed by atoms with Gasteiger partial charge in [-0.2, -0.15) is 0 Å². The van der Waals surface area contributed by atoms with Crippen LogP contribution in [-0.2, 0) is 6.54 Å². The molecule has 0 spiro atoms. The molecule has 0 aliphatic heterocycles. The molecule has 2 N–H and O–H groups in total. The van der Waals surface area contributed by atoms with Gasteiger partial charge in [0, 0.05) is 41.2 Å². The van der Waals surface area contributed by atoms with Crippen LogP contribution in [0.2, 0.25) is 0 Å². The maximum Gasteiger partial charge on any atom is 0.273 e. The van der Waals surface area contributed by atoms with Crippen molar-refractivity contribution in [2.45, 2.75) is 20.4 Å². The lowest BCUT2D eigenvalue weighted by molar-refractivity contribution is -0.385. The first kappa shape index (κ1) is 15.1. The Morgan fingerprint density at radius 2 is 2.17 bits per heavy atom. The largest absolute Gasteiger partial charge is 0.396 e. The second-order valence-corrected chi connectivity index (χ2v) is 5.87. The van der Waals surface area contributed by atoms with Gasteiger partial charge in [-0.05, 0) is 12.1 Å². The molecule has 100 valence electrons. The predicted molar refractivity (Wildman–Crippen MR) is 73.4 cm³/mol. The average molecular weight is 317 g/mol. The molecule has 0 aliphatic carbocycles. The lowest BCUT2D eigenvalue weighted by atomic mass is 9.95. The molecule has 1 aromatic carbocycles. The monoisotopic (exact) mass is 316 g/mol. The van der Waals surface area contributed by atoms with Gasteiger partial charge in [0.2, 0.25) is 0 Å². The molecule has 5 nitrogen and oxygen atoms in total. The Morgan fingerprint density at radius 3 is 2.72 bits per heavy atom. The van der Waals surface area contributed by atoms with Gasteiger partial charge >= 0.3 is 0 Å². The summed E-state index contributed by atoms with van der Waals surface area (Å²) in [5.41, 5.74) is 0.497. The van der Waals surface area contributed by atoms with Crippen molar-refractivity contribution in [3.63, 3.8) is 0 Å². The lowest BCUT2D eigenvalue weighted by Crippen LogP contribution is -2.32. The van der Waals surface area contributed by atoms with E-state index in [1.54, 1.807) is 12.1 Å². The smallest absolute Gasteiger partial charge is 0.273 e. The number of nitro benzene ring substituents is 1. The third-order valence-corrected chi connectivity index (χ3v) is 3.08. The van der Waals surface area contributed by atoms with Crippen LogP contribution in [0.1, 0.15) is 19.4 Å². The van der Waals surface area contributed by atoms with E-state index in [2.05, 4.69) is 21.2 Å². The van der Waals surface area contributed by atoms with Crippen LogP contribution in [0.15, 0.2) is 22.7 Å². The van der Waals surface area contributed by atoms with E-state index in [0.717, 1.165) is 4.47 Å². The first-order valence-electron chi connectivity index (χ1n) is 5.60. The number of nitrogens with one attached hydrogen (secondary N) is 1. The number of aliphatic hydroxyl groups is 1. The molecule has 1 rings (SSSR count). The zero-order chi connectivity index (χ0) is 13.8. The highest BCUT2D eigenvalue weighted by Crippen LogP contribution is 2.23. The molecule has 1 aromatic rings. The number of hydrogen-bond acceptors (Lipinski definition) is 4. The Morgan fingerprint density at radius 1 is 1.50 bits per heavy atom. The number of aliphatic hydroxyl groups excluding tert-OH is 1. The summed E-state index contributed by atoms with van der Waals surface area (Å²) >= 11 is 3.30. The summed E-state index contributed by atoms with van der Waals surface area (Å²) in [5, 5.41) is 23.1. The highest BCUT2D eigenvalue weighted by molar-refractivity contribution is 9.10. The predicted octanol–water partition coefficient (Wildman–Crippen LogP) is 2.47. The van der Waals surface area contributed by atoms with Crippen molar-refractivity contribution < 1.29 is 10.0 Å². The first-order chi connectivity index (χ1) is 8.35. The van der Waals surface area contributed by atoms with Crippen LogP contribution in [0.4, 0.5) is 5.69 Å². The van der Waals surface area contributed by atoms with Gasteiger partial charge in [-0.1, -0.05) is 29.8 Å². The summed E-state index contributed by atoms with van der Waals surface area (Å²) in [6.07, 6.45) is 0. The Bertz CT molecular complexity index is 435. The van der Waals surface area contributed by atoms with Crippen molar-refractivity contribution in [3.8, 4) is 0 Å². The van der Waals surface area contributed by atoms with Crippen LogP contribution >= 0.6 is 15.9 Å². The topological polar surface area (TPSA) is 75.4 Å². The zero-order valence-corrected chi connectivity index (χ0v) is 12.0. The van der Waals surface area contributed by atoms with Crippen molar-refractivity contribution in [1.29, 1.82) is 0 Å². The molecule has 0 saturated carbocycles. The number of halogens is 1. The van der Waals surface area contributed by atoms with E-state index in [4.69, 9.17) is 5.11 Å². The Balaban J connectivity index is 2.72. The normalized spacial score (nSPS) is 11.6. The van der Waals surface area contributed by atoms with Crippen LogP contribution in [0.25, 0.3) is 0 Å². The van der Waals surface area contributed by atoms with Gasteiger partial charge in [0.05, 0.1) is 4.92 Å².